The summed E-state index contributed by atoms with van der Waals surface area (Å²) in [5, 5.41) is 0. The molecule has 2 heteroatoms. The van der Waals surface area contributed by atoms with E-state index in [1.165, 1.54) is 0 Å². The van der Waals surface area contributed by atoms with E-state index in [-0.39, 0.29) is 0 Å². The maximum absolute atomic E-state index is 6.11. The summed E-state index contributed by atoms with van der Waals surface area (Å²) >= 11 is 0. The summed E-state index contributed by atoms with van der Waals surface area (Å²) in [6, 6.07) is 29.6. The maximum atomic E-state index is 6.11. The lowest BCUT2D eigenvalue weighted by Crippen LogP contribution is -2.35. The highest BCUT2D eigenvalue weighted by Crippen LogP contribution is 2.06. The number of hydrogen-bond acceptors (Lipinski definition) is 1. The average molecular weight is 377 g/mol. The highest BCUT2D eigenvalue weighted by Gasteiger charge is 2.30. The second kappa shape index (κ2) is 10.0. The van der Waals surface area contributed by atoms with Crippen LogP contribution in [0.2, 0.25) is 0 Å². The van der Waals surface area contributed by atoms with E-state index < -0.39 is 8.32 Å². The van der Waals surface area contributed by atoms with Gasteiger partial charge in [0, 0.05) is 23.3 Å². The van der Waals surface area contributed by atoms with Crippen molar-refractivity contribution in [2.24, 2.45) is 0 Å². The Labute approximate surface area is 168 Å². The zero-order valence-corrected chi connectivity index (χ0v) is 16.8. The molecule has 0 saturated heterocycles. The van der Waals surface area contributed by atoms with E-state index >= 15 is 0 Å². The van der Waals surface area contributed by atoms with Gasteiger partial charge in [0.2, 0.25) is 0 Å². The summed E-state index contributed by atoms with van der Waals surface area (Å²) in [6.07, 6.45) is 0. The van der Waals surface area contributed by atoms with E-state index in [2.05, 4.69) is 34.4 Å². The van der Waals surface area contributed by atoms with Crippen molar-refractivity contribution in [1.29, 1.82) is 0 Å². The molecule has 0 aliphatic carbocycles. The second-order valence-corrected chi connectivity index (χ2v) is 8.36. The van der Waals surface area contributed by atoms with Crippen molar-refractivity contribution in [3.8, 4) is 34.4 Å². The van der Waals surface area contributed by atoms with Crippen molar-refractivity contribution < 1.29 is 4.43 Å². The molecule has 0 unspecified atom stereocenters. The monoisotopic (exact) mass is 376 g/mol. The fraction of sp³-hybridized carbons (Fsp3) is 0.0769. The normalized spacial score (nSPS) is 9.75. The Morgan fingerprint density at radius 1 is 0.571 bits per heavy atom. The standard InChI is InChI=1S/C26H20OSi/c1-2-27-28(21-18-24-12-6-3-7-13-24,22-19-25-14-8-4-9-15-25)23-20-26-16-10-5-11-17-26/h3-17H,2H2,1H3. The molecular weight excluding hydrogens is 356 g/mol. The minimum Gasteiger partial charge on any atom is -0.388 e. The topological polar surface area (TPSA) is 9.23 Å². The Morgan fingerprint density at radius 2 is 0.893 bits per heavy atom. The fourth-order valence-corrected chi connectivity index (χ4v) is 4.26. The van der Waals surface area contributed by atoms with E-state index in [1.54, 1.807) is 0 Å². The second-order valence-electron chi connectivity index (χ2n) is 5.96. The molecule has 0 aromatic heterocycles. The van der Waals surface area contributed by atoms with E-state index in [1.807, 2.05) is 97.9 Å². The number of hydrogen-bond donors (Lipinski definition) is 0. The highest BCUT2D eigenvalue weighted by molar-refractivity contribution is 6.95. The number of benzene rings is 3. The van der Waals surface area contributed by atoms with Crippen LogP contribution in [0.1, 0.15) is 23.6 Å². The van der Waals surface area contributed by atoms with Gasteiger partial charge in [-0.2, -0.15) is 0 Å². The van der Waals surface area contributed by atoms with Gasteiger partial charge >= 0.3 is 8.32 Å². The third kappa shape index (κ3) is 5.77. The van der Waals surface area contributed by atoms with Crippen LogP contribution in [0.15, 0.2) is 91.0 Å². The molecule has 3 rings (SSSR count). The van der Waals surface area contributed by atoms with Gasteiger partial charge in [-0.1, -0.05) is 89.0 Å². The van der Waals surface area contributed by atoms with Gasteiger partial charge in [-0.3, -0.25) is 0 Å². The first-order chi connectivity index (χ1) is 13.8. The van der Waals surface area contributed by atoms with Crippen molar-refractivity contribution in [3.63, 3.8) is 0 Å². The lowest BCUT2D eigenvalue weighted by Gasteiger charge is -2.12. The lowest BCUT2D eigenvalue weighted by atomic mass is 10.2. The first-order valence-corrected chi connectivity index (χ1v) is 11.1. The highest BCUT2D eigenvalue weighted by atomic mass is 28.4. The van der Waals surface area contributed by atoms with Crippen LogP contribution >= 0.6 is 0 Å². The lowest BCUT2D eigenvalue weighted by molar-refractivity contribution is 0.349. The third-order valence-corrected chi connectivity index (χ3v) is 5.98. The zero-order chi connectivity index (χ0) is 19.5. The van der Waals surface area contributed by atoms with Crippen molar-refractivity contribution >= 4 is 8.32 Å². The molecule has 0 N–H and O–H groups in total. The van der Waals surface area contributed by atoms with Crippen LogP contribution in [0, 0.1) is 34.4 Å². The predicted octanol–water partition coefficient (Wildman–Crippen LogP) is 4.74. The van der Waals surface area contributed by atoms with E-state index in [4.69, 9.17) is 4.43 Å². The fourth-order valence-electron chi connectivity index (χ4n) is 2.46. The summed E-state index contributed by atoms with van der Waals surface area (Å²) in [7, 11) is -2.93. The van der Waals surface area contributed by atoms with Crippen molar-refractivity contribution in [1.82, 2.24) is 0 Å². The maximum Gasteiger partial charge on any atom is 0.438 e. The predicted molar refractivity (Wildman–Crippen MR) is 117 cm³/mol. The van der Waals surface area contributed by atoms with Crippen LogP contribution < -0.4 is 0 Å². The molecule has 0 saturated carbocycles. The van der Waals surface area contributed by atoms with E-state index in [9.17, 15) is 0 Å². The van der Waals surface area contributed by atoms with Gasteiger partial charge in [-0.15, -0.1) is 0 Å². The Morgan fingerprint density at radius 3 is 1.18 bits per heavy atom. The van der Waals surface area contributed by atoms with Crippen molar-refractivity contribution in [2.45, 2.75) is 6.92 Å². The minimum absolute atomic E-state index is 0.516. The molecule has 28 heavy (non-hydrogen) atoms. The van der Waals surface area contributed by atoms with Gasteiger partial charge in [0.05, 0.1) is 0 Å². The zero-order valence-electron chi connectivity index (χ0n) is 15.8. The largest absolute Gasteiger partial charge is 0.438 e. The smallest absolute Gasteiger partial charge is 0.388 e. The first kappa shape index (κ1) is 19.3. The van der Waals surface area contributed by atoms with E-state index in [0.29, 0.717) is 6.61 Å². The Balaban J connectivity index is 2.06. The molecule has 0 heterocycles. The molecule has 0 aliphatic heterocycles. The van der Waals surface area contributed by atoms with Gasteiger partial charge < -0.3 is 4.43 Å². The van der Waals surface area contributed by atoms with Gasteiger partial charge in [-0.05, 0) is 43.3 Å². The van der Waals surface area contributed by atoms with Crippen LogP contribution in [0.5, 0.6) is 0 Å². The summed E-state index contributed by atoms with van der Waals surface area (Å²) < 4.78 is 6.11. The van der Waals surface area contributed by atoms with Crippen LogP contribution in [-0.4, -0.2) is 14.9 Å². The molecular formula is C26H20OSi. The van der Waals surface area contributed by atoms with Crippen LogP contribution in [0.25, 0.3) is 0 Å². The summed E-state index contributed by atoms with van der Waals surface area (Å²) in [4.78, 5) is 0. The molecule has 0 fully saturated rings. The Kier molecular flexibility index (Phi) is 6.89. The molecule has 134 valence electrons. The third-order valence-electron chi connectivity index (χ3n) is 3.83. The van der Waals surface area contributed by atoms with Crippen LogP contribution in [0.4, 0.5) is 0 Å². The molecule has 1 nitrogen and oxygen atoms in total. The van der Waals surface area contributed by atoms with Crippen LogP contribution in [-0.2, 0) is 4.43 Å². The van der Waals surface area contributed by atoms with Gasteiger partial charge in [0.15, 0.2) is 0 Å². The summed E-state index contributed by atoms with van der Waals surface area (Å²) in [6.45, 7) is 2.48. The Hall–Kier alpha value is -3.48. The van der Waals surface area contributed by atoms with Crippen LogP contribution in [0.3, 0.4) is 0 Å². The summed E-state index contributed by atoms with van der Waals surface area (Å²) in [5.74, 6) is 9.67. The quantitative estimate of drug-likeness (QED) is 0.464. The van der Waals surface area contributed by atoms with Crippen molar-refractivity contribution in [2.75, 3.05) is 6.61 Å². The molecule has 0 radical (unpaired) electrons. The Bertz CT molecular complexity index is 931. The van der Waals surface area contributed by atoms with E-state index in [0.717, 1.165) is 16.7 Å². The molecule has 0 spiro atoms. The first-order valence-electron chi connectivity index (χ1n) is 9.18. The summed E-state index contributed by atoms with van der Waals surface area (Å²) in [5.41, 5.74) is 12.7. The van der Waals surface area contributed by atoms with Gasteiger partial charge in [-0.25, -0.2) is 0 Å². The molecule has 0 amide bonds. The number of rotatable bonds is 2. The molecule has 3 aromatic carbocycles. The van der Waals surface area contributed by atoms with Gasteiger partial charge in [0.1, 0.15) is 0 Å². The minimum atomic E-state index is -2.93. The molecule has 0 atom stereocenters. The average Bonchev–Trinajstić information content (AvgIpc) is 2.77. The molecule has 0 bridgehead atoms. The SMILES string of the molecule is CCO[Si](C#Cc1ccccc1)(C#Cc1ccccc1)C#Cc1ccccc1. The molecule has 0 aliphatic rings. The van der Waals surface area contributed by atoms with Gasteiger partial charge in [0.25, 0.3) is 0 Å². The van der Waals surface area contributed by atoms with Crippen molar-refractivity contribution in [3.05, 3.63) is 108 Å². The molecule has 3 aromatic rings.